The zero-order valence-corrected chi connectivity index (χ0v) is 12.0. The van der Waals surface area contributed by atoms with E-state index in [4.69, 9.17) is 4.74 Å². The molecule has 2 saturated heterocycles. The molecule has 0 spiro atoms. The maximum absolute atomic E-state index is 5.64. The lowest BCUT2D eigenvalue weighted by Gasteiger charge is -2.40. The van der Waals surface area contributed by atoms with Gasteiger partial charge in [0.05, 0.1) is 5.60 Å². The zero-order valence-electron chi connectivity index (χ0n) is 11.2. The summed E-state index contributed by atoms with van der Waals surface area (Å²) in [4.78, 5) is 2.58. The zero-order chi connectivity index (χ0) is 12.1. The first-order valence-corrected chi connectivity index (χ1v) is 7.96. The molecule has 17 heavy (non-hydrogen) atoms. The van der Waals surface area contributed by atoms with E-state index in [1.165, 1.54) is 50.4 Å². The van der Waals surface area contributed by atoms with E-state index in [1.807, 2.05) is 7.11 Å². The number of methoxy groups -OCH3 is 1. The van der Waals surface area contributed by atoms with Crippen LogP contribution in [0.3, 0.4) is 0 Å². The minimum atomic E-state index is 0.0903. The van der Waals surface area contributed by atoms with E-state index in [-0.39, 0.29) is 5.60 Å². The monoisotopic (exact) mass is 258 g/mol. The molecular weight excluding hydrogens is 232 g/mol. The first-order valence-electron chi connectivity index (χ1n) is 6.80. The number of hydrogen-bond donors (Lipinski definition) is 1. The highest BCUT2D eigenvalue weighted by atomic mass is 32.2. The molecule has 2 unspecified atom stereocenters. The van der Waals surface area contributed by atoms with Crippen LogP contribution in [0.2, 0.25) is 0 Å². The number of likely N-dealkylation sites (tertiary alicyclic amines) is 1. The van der Waals surface area contributed by atoms with Gasteiger partial charge in [-0.05, 0) is 39.3 Å². The van der Waals surface area contributed by atoms with Crippen molar-refractivity contribution >= 4 is 11.8 Å². The maximum atomic E-state index is 5.64. The predicted molar refractivity (Wildman–Crippen MR) is 74.8 cm³/mol. The van der Waals surface area contributed by atoms with Crippen molar-refractivity contribution in [1.29, 1.82) is 0 Å². The molecule has 2 atom stereocenters. The molecule has 3 nitrogen and oxygen atoms in total. The molecular formula is C13H26N2OS. The van der Waals surface area contributed by atoms with Crippen molar-refractivity contribution < 1.29 is 4.74 Å². The first kappa shape index (κ1) is 13.7. The second-order valence-corrected chi connectivity index (χ2v) is 6.70. The van der Waals surface area contributed by atoms with E-state index in [0.29, 0.717) is 0 Å². The molecule has 0 aliphatic carbocycles. The van der Waals surface area contributed by atoms with Gasteiger partial charge in [-0.15, -0.1) is 0 Å². The van der Waals surface area contributed by atoms with Crippen molar-refractivity contribution in [2.75, 3.05) is 44.8 Å². The number of hydrogen-bond acceptors (Lipinski definition) is 4. The van der Waals surface area contributed by atoms with Crippen LogP contribution in [0.4, 0.5) is 0 Å². The molecule has 100 valence electrons. The molecule has 2 aliphatic heterocycles. The molecule has 1 N–H and O–H groups in total. The summed E-state index contributed by atoms with van der Waals surface area (Å²) in [5, 5.41) is 3.61. The van der Waals surface area contributed by atoms with Gasteiger partial charge in [-0.25, -0.2) is 0 Å². The molecule has 0 saturated carbocycles. The molecule has 0 aromatic heterocycles. The Morgan fingerprint density at radius 3 is 3.12 bits per heavy atom. The van der Waals surface area contributed by atoms with Crippen molar-refractivity contribution in [1.82, 2.24) is 10.2 Å². The van der Waals surface area contributed by atoms with Gasteiger partial charge in [-0.2, -0.15) is 11.8 Å². The van der Waals surface area contributed by atoms with Crippen LogP contribution in [0.1, 0.15) is 26.2 Å². The highest BCUT2D eigenvalue weighted by molar-refractivity contribution is 7.99. The summed E-state index contributed by atoms with van der Waals surface area (Å²) < 4.78 is 5.64. The molecule has 0 radical (unpaired) electrons. The standard InChI is InChI=1S/C13H26N2OS/c1-13(16-2)5-3-7-15(11-13)8-4-12-10-17-9-6-14-12/h12,14H,3-11H2,1-2H3. The van der Waals surface area contributed by atoms with Crippen LogP contribution >= 0.6 is 11.8 Å². The Bertz CT molecular complexity index is 233. The summed E-state index contributed by atoms with van der Waals surface area (Å²) in [5.74, 6) is 2.57. The third-order valence-corrected chi connectivity index (χ3v) is 5.15. The van der Waals surface area contributed by atoms with Crippen LogP contribution in [-0.2, 0) is 4.74 Å². The lowest BCUT2D eigenvalue weighted by molar-refractivity contribution is -0.0511. The van der Waals surface area contributed by atoms with Crippen molar-refractivity contribution in [3.8, 4) is 0 Å². The highest BCUT2D eigenvalue weighted by Gasteiger charge is 2.30. The van der Waals surface area contributed by atoms with E-state index in [9.17, 15) is 0 Å². The number of nitrogens with zero attached hydrogens (tertiary/aromatic N) is 1. The lowest BCUT2D eigenvalue weighted by Crippen LogP contribution is -2.49. The Morgan fingerprint density at radius 1 is 1.53 bits per heavy atom. The number of nitrogens with one attached hydrogen (secondary N) is 1. The lowest BCUT2D eigenvalue weighted by atomic mass is 9.94. The van der Waals surface area contributed by atoms with Crippen molar-refractivity contribution in [3.05, 3.63) is 0 Å². The van der Waals surface area contributed by atoms with E-state index >= 15 is 0 Å². The molecule has 0 amide bonds. The second kappa shape index (κ2) is 6.41. The molecule has 2 fully saturated rings. The third-order valence-electron chi connectivity index (χ3n) is 4.02. The average molecular weight is 258 g/mol. The number of ether oxygens (including phenoxy) is 1. The van der Waals surface area contributed by atoms with E-state index < -0.39 is 0 Å². The number of piperidine rings is 1. The van der Waals surface area contributed by atoms with Gasteiger partial charge in [0.15, 0.2) is 0 Å². The second-order valence-electron chi connectivity index (χ2n) is 5.55. The molecule has 4 heteroatoms. The summed E-state index contributed by atoms with van der Waals surface area (Å²) in [6.45, 7) is 7.00. The minimum absolute atomic E-state index is 0.0903. The van der Waals surface area contributed by atoms with Gasteiger partial charge in [-0.1, -0.05) is 0 Å². The molecule has 2 heterocycles. The molecule has 2 aliphatic rings. The summed E-state index contributed by atoms with van der Waals surface area (Å²) >= 11 is 2.09. The normalized spacial score (nSPS) is 36.0. The van der Waals surface area contributed by atoms with Gasteiger partial charge in [-0.3, -0.25) is 0 Å². The predicted octanol–water partition coefficient (Wildman–Crippen LogP) is 1.58. The van der Waals surface area contributed by atoms with Crippen LogP contribution in [0, 0.1) is 0 Å². The largest absolute Gasteiger partial charge is 0.377 e. The van der Waals surface area contributed by atoms with Gasteiger partial charge in [0, 0.05) is 37.7 Å². The number of thioether (sulfide) groups is 1. The van der Waals surface area contributed by atoms with Gasteiger partial charge in [0.1, 0.15) is 0 Å². The smallest absolute Gasteiger partial charge is 0.0777 e. The third kappa shape index (κ3) is 4.12. The molecule has 2 rings (SSSR count). The summed E-state index contributed by atoms with van der Waals surface area (Å²) in [7, 11) is 1.85. The molecule has 0 bridgehead atoms. The number of rotatable bonds is 4. The summed E-state index contributed by atoms with van der Waals surface area (Å²) in [5.41, 5.74) is 0.0903. The van der Waals surface area contributed by atoms with Gasteiger partial charge in [0.2, 0.25) is 0 Å². The highest BCUT2D eigenvalue weighted by Crippen LogP contribution is 2.24. The van der Waals surface area contributed by atoms with E-state index in [0.717, 1.165) is 12.6 Å². The molecule has 0 aromatic rings. The van der Waals surface area contributed by atoms with E-state index in [1.54, 1.807) is 0 Å². The first-order chi connectivity index (χ1) is 8.22. The van der Waals surface area contributed by atoms with Crippen LogP contribution in [-0.4, -0.2) is 61.3 Å². The van der Waals surface area contributed by atoms with Gasteiger partial charge in [0.25, 0.3) is 0 Å². The van der Waals surface area contributed by atoms with Crippen LogP contribution in [0.25, 0.3) is 0 Å². The van der Waals surface area contributed by atoms with Gasteiger partial charge < -0.3 is 15.0 Å². The minimum Gasteiger partial charge on any atom is -0.377 e. The molecule has 0 aromatic carbocycles. The summed E-state index contributed by atoms with van der Waals surface area (Å²) in [6.07, 6.45) is 3.77. The average Bonchev–Trinajstić information content (AvgIpc) is 2.38. The van der Waals surface area contributed by atoms with Crippen molar-refractivity contribution in [2.45, 2.75) is 37.8 Å². The fraction of sp³-hybridized carbons (Fsp3) is 1.00. The Kier molecular flexibility index (Phi) is 5.15. The fourth-order valence-corrected chi connectivity index (χ4v) is 3.81. The van der Waals surface area contributed by atoms with Gasteiger partial charge >= 0.3 is 0 Å². The van der Waals surface area contributed by atoms with Crippen molar-refractivity contribution in [2.24, 2.45) is 0 Å². The Hall–Kier alpha value is 0.230. The Balaban J connectivity index is 1.71. The van der Waals surface area contributed by atoms with Crippen LogP contribution in [0.5, 0.6) is 0 Å². The topological polar surface area (TPSA) is 24.5 Å². The SMILES string of the molecule is COC1(C)CCCN(CCC2CSCCN2)C1. The summed E-state index contributed by atoms with van der Waals surface area (Å²) in [6, 6.07) is 0.726. The Morgan fingerprint density at radius 2 is 2.41 bits per heavy atom. The van der Waals surface area contributed by atoms with Crippen LogP contribution in [0.15, 0.2) is 0 Å². The Labute approximate surface area is 110 Å². The fourth-order valence-electron chi connectivity index (χ4n) is 2.81. The van der Waals surface area contributed by atoms with Crippen LogP contribution < -0.4 is 5.32 Å². The van der Waals surface area contributed by atoms with E-state index in [2.05, 4.69) is 28.9 Å². The quantitative estimate of drug-likeness (QED) is 0.827. The maximum Gasteiger partial charge on any atom is 0.0777 e. The van der Waals surface area contributed by atoms with Crippen molar-refractivity contribution in [3.63, 3.8) is 0 Å².